The van der Waals surface area contributed by atoms with Crippen LogP contribution < -0.4 is 19.1 Å². The molecule has 2 aliphatic heterocycles. The van der Waals surface area contributed by atoms with Gasteiger partial charge in [-0.2, -0.15) is 0 Å². The predicted molar refractivity (Wildman–Crippen MR) is 91.1 cm³/mol. The summed E-state index contributed by atoms with van der Waals surface area (Å²) in [6, 6.07) is 10.7. The standard InChI is InChI=1S/C19H17NO3/c1-20-8-7-13-15-14(20)9-11-5-3-4-6-12(11)16(15)18-19(17(13)21-2)23-10-22-18/h3-6,9H,7-8,10H2,1-2H3. The normalized spacial score (nSPS) is 15.5. The molecule has 0 amide bonds. The molecule has 0 radical (unpaired) electrons. The number of rotatable bonds is 1. The second-order valence-corrected chi connectivity index (χ2v) is 6.11. The fraction of sp³-hybridized carbons (Fsp3) is 0.263. The molecule has 4 nitrogen and oxygen atoms in total. The van der Waals surface area contributed by atoms with Crippen LogP contribution >= 0.6 is 0 Å². The van der Waals surface area contributed by atoms with E-state index in [1.807, 2.05) is 0 Å². The summed E-state index contributed by atoms with van der Waals surface area (Å²) in [6.07, 6.45) is 0.943. The minimum Gasteiger partial charge on any atom is -0.492 e. The highest BCUT2D eigenvalue weighted by Gasteiger charge is 2.31. The number of anilines is 1. The lowest BCUT2D eigenvalue weighted by Crippen LogP contribution is -2.24. The molecule has 0 aromatic heterocycles. The predicted octanol–water partition coefficient (Wildman–Crippen LogP) is 3.72. The van der Waals surface area contributed by atoms with Crippen LogP contribution in [0.15, 0.2) is 30.3 Å². The first-order valence-corrected chi connectivity index (χ1v) is 7.84. The summed E-state index contributed by atoms with van der Waals surface area (Å²) in [7, 11) is 3.85. The molecule has 0 N–H and O–H groups in total. The van der Waals surface area contributed by atoms with E-state index in [9.17, 15) is 0 Å². The number of hydrogen-bond donors (Lipinski definition) is 0. The van der Waals surface area contributed by atoms with E-state index in [0.29, 0.717) is 0 Å². The topological polar surface area (TPSA) is 30.9 Å². The number of likely N-dealkylation sites (N-methyl/N-ethyl adjacent to an activating group) is 1. The van der Waals surface area contributed by atoms with Gasteiger partial charge in [0.2, 0.25) is 12.5 Å². The van der Waals surface area contributed by atoms with Gasteiger partial charge in [0, 0.05) is 35.6 Å². The Morgan fingerprint density at radius 1 is 1.09 bits per heavy atom. The average Bonchev–Trinajstić information content (AvgIpc) is 3.06. The Balaban J connectivity index is 2.09. The lowest BCUT2D eigenvalue weighted by Gasteiger charge is -2.30. The van der Waals surface area contributed by atoms with Crippen LogP contribution in [0.2, 0.25) is 0 Å². The molecule has 0 bridgehead atoms. The summed E-state index contributed by atoms with van der Waals surface area (Å²) in [6.45, 7) is 1.22. The summed E-state index contributed by atoms with van der Waals surface area (Å²) in [5, 5.41) is 4.80. The van der Waals surface area contributed by atoms with Gasteiger partial charge in [-0.05, 0) is 23.3 Å². The minimum atomic E-state index is 0.249. The molecule has 0 saturated carbocycles. The van der Waals surface area contributed by atoms with Crippen LogP contribution in [0.3, 0.4) is 0 Å². The Labute approximate surface area is 134 Å². The van der Waals surface area contributed by atoms with Crippen LogP contribution in [0.25, 0.3) is 21.5 Å². The van der Waals surface area contributed by atoms with Crippen LogP contribution in [0.4, 0.5) is 5.69 Å². The molecule has 0 saturated heterocycles. The van der Waals surface area contributed by atoms with Crippen molar-refractivity contribution in [1.29, 1.82) is 0 Å². The first kappa shape index (κ1) is 12.9. The Morgan fingerprint density at radius 2 is 1.91 bits per heavy atom. The SMILES string of the molecule is COc1c2c(c3c4c(cc5ccccc53)N(C)CCc14)OCO2. The van der Waals surface area contributed by atoms with E-state index >= 15 is 0 Å². The molecule has 0 atom stereocenters. The maximum Gasteiger partial charge on any atom is 0.231 e. The second-order valence-electron chi connectivity index (χ2n) is 6.11. The van der Waals surface area contributed by atoms with Crippen molar-refractivity contribution in [3.05, 3.63) is 35.9 Å². The van der Waals surface area contributed by atoms with Gasteiger partial charge in [0.1, 0.15) is 0 Å². The summed E-state index contributed by atoms with van der Waals surface area (Å²) in [4.78, 5) is 2.31. The fourth-order valence-electron chi connectivity index (χ4n) is 3.91. The summed E-state index contributed by atoms with van der Waals surface area (Å²) >= 11 is 0. The average molecular weight is 307 g/mol. The van der Waals surface area contributed by atoms with Crippen molar-refractivity contribution in [3.8, 4) is 17.2 Å². The molecule has 3 aromatic rings. The molecular weight excluding hydrogens is 290 g/mol. The van der Waals surface area contributed by atoms with Crippen molar-refractivity contribution in [2.45, 2.75) is 6.42 Å². The number of benzene rings is 3. The zero-order chi connectivity index (χ0) is 15.6. The summed E-state index contributed by atoms with van der Waals surface area (Å²) in [5.41, 5.74) is 2.46. The third-order valence-corrected chi connectivity index (χ3v) is 4.96. The van der Waals surface area contributed by atoms with Crippen LogP contribution in [0.1, 0.15) is 5.56 Å². The van der Waals surface area contributed by atoms with Crippen molar-refractivity contribution in [1.82, 2.24) is 0 Å². The van der Waals surface area contributed by atoms with Crippen LogP contribution in [0, 0.1) is 0 Å². The molecule has 0 spiro atoms. The Bertz CT molecular complexity index is 964. The third-order valence-electron chi connectivity index (χ3n) is 4.96. The van der Waals surface area contributed by atoms with Gasteiger partial charge in [0.25, 0.3) is 0 Å². The summed E-state index contributed by atoms with van der Waals surface area (Å²) < 4.78 is 17.3. The third kappa shape index (κ3) is 1.55. The molecule has 5 rings (SSSR count). The maximum atomic E-state index is 5.86. The van der Waals surface area contributed by atoms with Crippen molar-refractivity contribution in [2.75, 3.05) is 32.4 Å². The second kappa shape index (κ2) is 4.44. The Hall–Kier alpha value is -2.62. The highest BCUT2D eigenvalue weighted by molar-refractivity contribution is 6.19. The molecule has 0 aliphatic carbocycles. The van der Waals surface area contributed by atoms with Gasteiger partial charge < -0.3 is 19.1 Å². The van der Waals surface area contributed by atoms with E-state index < -0.39 is 0 Å². The van der Waals surface area contributed by atoms with E-state index in [4.69, 9.17) is 14.2 Å². The minimum absolute atomic E-state index is 0.249. The van der Waals surface area contributed by atoms with E-state index in [-0.39, 0.29) is 6.79 Å². The monoisotopic (exact) mass is 307 g/mol. The zero-order valence-corrected chi connectivity index (χ0v) is 13.2. The largest absolute Gasteiger partial charge is 0.492 e. The molecular formula is C19H17NO3. The molecule has 4 heteroatoms. The Kier molecular flexibility index (Phi) is 2.49. The number of nitrogens with zero attached hydrogens (tertiary/aromatic N) is 1. The smallest absolute Gasteiger partial charge is 0.231 e. The van der Waals surface area contributed by atoms with Crippen molar-refractivity contribution >= 4 is 27.2 Å². The van der Waals surface area contributed by atoms with Crippen LogP contribution in [-0.4, -0.2) is 27.5 Å². The molecule has 2 aliphatic rings. The van der Waals surface area contributed by atoms with E-state index in [1.165, 1.54) is 27.4 Å². The van der Waals surface area contributed by atoms with Gasteiger partial charge in [-0.1, -0.05) is 24.3 Å². The van der Waals surface area contributed by atoms with Gasteiger partial charge >= 0.3 is 0 Å². The molecule has 0 unspecified atom stereocenters. The van der Waals surface area contributed by atoms with Gasteiger partial charge in [-0.25, -0.2) is 0 Å². The first-order chi connectivity index (χ1) is 11.3. The fourth-order valence-corrected chi connectivity index (χ4v) is 3.91. The van der Waals surface area contributed by atoms with Gasteiger partial charge in [0.05, 0.1) is 7.11 Å². The molecule has 3 aromatic carbocycles. The van der Waals surface area contributed by atoms with E-state index in [2.05, 4.69) is 42.3 Å². The Morgan fingerprint density at radius 3 is 2.78 bits per heavy atom. The molecule has 2 heterocycles. The van der Waals surface area contributed by atoms with Crippen LogP contribution in [0.5, 0.6) is 17.2 Å². The molecule has 0 fully saturated rings. The lowest BCUT2D eigenvalue weighted by atomic mass is 9.90. The highest BCUT2D eigenvalue weighted by atomic mass is 16.7. The van der Waals surface area contributed by atoms with E-state index in [0.717, 1.165) is 35.6 Å². The molecule has 116 valence electrons. The van der Waals surface area contributed by atoms with Gasteiger partial charge in [0.15, 0.2) is 11.5 Å². The van der Waals surface area contributed by atoms with Gasteiger partial charge in [-0.15, -0.1) is 0 Å². The number of fused-ring (bicyclic) bond motifs is 4. The van der Waals surface area contributed by atoms with Gasteiger partial charge in [-0.3, -0.25) is 0 Å². The molecule has 23 heavy (non-hydrogen) atoms. The van der Waals surface area contributed by atoms with E-state index in [1.54, 1.807) is 7.11 Å². The van der Waals surface area contributed by atoms with Crippen LogP contribution in [-0.2, 0) is 6.42 Å². The van der Waals surface area contributed by atoms with Crippen molar-refractivity contribution in [3.63, 3.8) is 0 Å². The zero-order valence-electron chi connectivity index (χ0n) is 13.2. The summed E-state index contributed by atoms with van der Waals surface area (Å²) in [5.74, 6) is 2.39. The number of methoxy groups -OCH3 is 1. The highest BCUT2D eigenvalue weighted by Crippen LogP contribution is 2.54. The quantitative estimate of drug-likeness (QED) is 0.641. The number of ether oxygens (including phenoxy) is 3. The number of hydrogen-bond acceptors (Lipinski definition) is 4. The lowest BCUT2D eigenvalue weighted by molar-refractivity contribution is 0.172. The van der Waals surface area contributed by atoms with Crippen molar-refractivity contribution in [2.24, 2.45) is 0 Å². The maximum absolute atomic E-state index is 5.86. The van der Waals surface area contributed by atoms with Crippen molar-refractivity contribution < 1.29 is 14.2 Å². The first-order valence-electron chi connectivity index (χ1n) is 7.84.